The molecule has 0 saturated heterocycles. The van der Waals surface area contributed by atoms with Crippen molar-refractivity contribution in [2.75, 3.05) is 0 Å². The minimum Gasteiger partial charge on any atom is -0.509 e. The van der Waals surface area contributed by atoms with Crippen LogP contribution in [0.2, 0.25) is 0 Å². The van der Waals surface area contributed by atoms with Gasteiger partial charge in [0, 0.05) is 5.75 Å². The lowest BCUT2D eigenvalue weighted by Gasteiger charge is -2.10. The summed E-state index contributed by atoms with van der Waals surface area (Å²) in [7, 11) is 0. The molecule has 0 saturated carbocycles. The molecule has 2 N–H and O–H groups in total. The molecule has 0 aliphatic carbocycles. The Kier molecular flexibility index (Phi) is 4.88. The molecule has 4 nitrogen and oxygen atoms in total. The average molecular weight is 336 g/mol. The second-order valence-electron chi connectivity index (χ2n) is 5.53. The second-order valence-corrected chi connectivity index (χ2v) is 6.52. The highest BCUT2D eigenvalue weighted by atomic mass is 32.2. The molecule has 1 aliphatic heterocycles. The lowest BCUT2D eigenvalue weighted by atomic mass is 10.1. The molecule has 0 fully saturated rings. The topological polar surface area (TPSA) is 73.1 Å². The van der Waals surface area contributed by atoms with Gasteiger partial charge in [0.05, 0.1) is 17.7 Å². The van der Waals surface area contributed by atoms with Crippen LogP contribution < -0.4 is 5.32 Å². The number of carbonyl (C=O) groups is 1. The van der Waals surface area contributed by atoms with Crippen molar-refractivity contribution < 1.29 is 9.90 Å². The summed E-state index contributed by atoms with van der Waals surface area (Å²) in [4.78, 5) is 12.5. The Morgan fingerprint density at radius 2 is 1.88 bits per heavy atom. The van der Waals surface area contributed by atoms with E-state index in [-0.39, 0.29) is 17.7 Å². The third-order valence-electron chi connectivity index (χ3n) is 3.80. The van der Waals surface area contributed by atoms with Crippen LogP contribution in [0.15, 0.2) is 65.3 Å². The van der Waals surface area contributed by atoms with Crippen LogP contribution in [0.4, 0.5) is 0 Å². The molecule has 2 aromatic carbocycles. The minimum atomic E-state index is -0.382. The maximum atomic E-state index is 12.1. The lowest BCUT2D eigenvalue weighted by Crippen LogP contribution is -2.30. The molecule has 3 rings (SSSR count). The summed E-state index contributed by atoms with van der Waals surface area (Å²) in [6, 6.07) is 18.7. The molecule has 120 valence electrons. The van der Waals surface area contributed by atoms with Gasteiger partial charge in [0.25, 0.3) is 5.91 Å². The summed E-state index contributed by atoms with van der Waals surface area (Å²) in [6.07, 6.45) is 0.562. The third-order valence-corrected chi connectivity index (χ3v) is 4.96. The standard InChI is InChI=1S/C19H16N2O2S/c20-11-14-7-4-8-15(9-14)12-24-18-17(22)16(21-19(18)23)10-13-5-2-1-3-6-13/h1-9,16,22H,10,12H2,(H,21,23). The maximum Gasteiger partial charge on any atom is 0.261 e. The van der Waals surface area contributed by atoms with Gasteiger partial charge in [-0.2, -0.15) is 5.26 Å². The van der Waals surface area contributed by atoms with Crippen molar-refractivity contribution in [2.24, 2.45) is 0 Å². The van der Waals surface area contributed by atoms with Crippen LogP contribution in [0, 0.1) is 11.3 Å². The Morgan fingerprint density at radius 3 is 2.62 bits per heavy atom. The SMILES string of the molecule is N#Cc1cccc(CSC2=C(O)C(Cc3ccccc3)NC2=O)c1. The van der Waals surface area contributed by atoms with E-state index in [4.69, 9.17) is 5.26 Å². The number of aliphatic hydroxyl groups is 1. The quantitative estimate of drug-likeness (QED) is 0.879. The van der Waals surface area contributed by atoms with Gasteiger partial charge in [-0.05, 0) is 29.7 Å². The molecule has 5 heteroatoms. The number of aliphatic hydroxyl groups excluding tert-OH is 1. The zero-order valence-corrected chi connectivity index (χ0v) is 13.7. The van der Waals surface area contributed by atoms with E-state index in [0.717, 1.165) is 11.1 Å². The van der Waals surface area contributed by atoms with E-state index in [9.17, 15) is 9.90 Å². The summed E-state index contributed by atoms with van der Waals surface area (Å²) in [6.45, 7) is 0. The molecule has 1 atom stereocenters. The number of rotatable bonds is 5. The van der Waals surface area contributed by atoms with Crippen molar-refractivity contribution in [3.8, 4) is 6.07 Å². The lowest BCUT2D eigenvalue weighted by molar-refractivity contribution is -0.116. The molecule has 1 unspecified atom stereocenters. The summed E-state index contributed by atoms with van der Waals surface area (Å²) >= 11 is 1.30. The Morgan fingerprint density at radius 1 is 1.12 bits per heavy atom. The van der Waals surface area contributed by atoms with Crippen molar-refractivity contribution >= 4 is 17.7 Å². The van der Waals surface area contributed by atoms with E-state index in [0.29, 0.717) is 22.6 Å². The van der Waals surface area contributed by atoms with Crippen molar-refractivity contribution in [3.63, 3.8) is 0 Å². The van der Waals surface area contributed by atoms with Crippen molar-refractivity contribution in [2.45, 2.75) is 18.2 Å². The molecule has 0 bridgehead atoms. The number of hydrogen-bond acceptors (Lipinski definition) is 4. The van der Waals surface area contributed by atoms with Crippen LogP contribution in [-0.2, 0) is 17.0 Å². The van der Waals surface area contributed by atoms with E-state index < -0.39 is 0 Å². The number of benzene rings is 2. The first kappa shape index (κ1) is 16.2. The highest BCUT2D eigenvalue weighted by Crippen LogP contribution is 2.30. The molecular weight excluding hydrogens is 320 g/mol. The molecule has 1 heterocycles. The van der Waals surface area contributed by atoms with Crippen molar-refractivity contribution in [1.82, 2.24) is 5.32 Å². The smallest absolute Gasteiger partial charge is 0.261 e. The number of hydrogen-bond donors (Lipinski definition) is 2. The predicted octanol–water partition coefficient (Wildman–Crippen LogP) is 3.30. The van der Waals surface area contributed by atoms with E-state index in [2.05, 4.69) is 11.4 Å². The number of nitriles is 1. The number of thioether (sulfide) groups is 1. The normalized spacial score (nSPS) is 16.8. The molecule has 2 aromatic rings. The Labute approximate surface area is 144 Å². The van der Waals surface area contributed by atoms with Crippen LogP contribution >= 0.6 is 11.8 Å². The molecule has 0 radical (unpaired) electrons. The van der Waals surface area contributed by atoms with Gasteiger partial charge < -0.3 is 10.4 Å². The molecule has 1 aliphatic rings. The first-order valence-corrected chi connectivity index (χ1v) is 8.55. The van der Waals surface area contributed by atoms with Crippen LogP contribution in [-0.4, -0.2) is 17.1 Å². The van der Waals surface area contributed by atoms with Crippen LogP contribution in [0.3, 0.4) is 0 Å². The molecular formula is C19H16N2O2S. The second kappa shape index (κ2) is 7.24. The maximum absolute atomic E-state index is 12.1. The third kappa shape index (κ3) is 3.61. The first-order chi connectivity index (χ1) is 11.7. The molecule has 24 heavy (non-hydrogen) atoms. The Balaban J connectivity index is 1.69. The van der Waals surface area contributed by atoms with Gasteiger partial charge in [-0.25, -0.2) is 0 Å². The number of nitrogens with zero attached hydrogens (tertiary/aromatic N) is 1. The van der Waals surface area contributed by atoms with Crippen LogP contribution in [0.25, 0.3) is 0 Å². The highest BCUT2D eigenvalue weighted by molar-refractivity contribution is 8.03. The summed E-state index contributed by atoms with van der Waals surface area (Å²) in [5, 5.41) is 22.1. The van der Waals surface area contributed by atoms with Gasteiger partial charge >= 0.3 is 0 Å². The van der Waals surface area contributed by atoms with E-state index in [1.165, 1.54) is 11.8 Å². The fraction of sp³-hybridized carbons (Fsp3) is 0.158. The van der Waals surface area contributed by atoms with Gasteiger partial charge in [0.2, 0.25) is 0 Å². The number of nitrogens with one attached hydrogen (secondary N) is 1. The Hall–Kier alpha value is -2.71. The fourth-order valence-electron chi connectivity index (χ4n) is 2.59. The molecule has 0 aromatic heterocycles. The monoisotopic (exact) mass is 336 g/mol. The zero-order chi connectivity index (χ0) is 16.9. The van der Waals surface area contributed by atoms with Crippen molar-refractivity contribution in [1.29, 1.82) is 5.26 Å². The van der Waals surface area contributed by atoms with Gasteiger partial charge in [0.1, 0.15) is 10.7 Å². The van der Waals surface area contributed by atoms with Gasteiger partial charge in [-0.15, -0.1) is 11.8 Å². The molecule has 0 spiro atoms. The predicted molar refractivity (Wildman–Crippen MR) is 94.2 cm³/mol. The summed E-state index contributed by atoms with van der Waals surface area (Å²) in [5.41, 5.74) is 2.59. The number of carbonyl (C=O) groups excluding carboxylic acids is 1. The van der Waals surface area contributed by atoms with Gasteiger partial charge in [-0.1, -0.05) is 42.5 Å². The molecule has 1 amide bonds. The first-order valence-electron chi connectivity index (χ1n) is 7.57. The van der Waals surface area contributed by atoms with E-state index >= 15 is 0 Å². The zero-order valence-electron chi connectivity index (χ0n) is 12.9. The summed E-state index contributed by atoms with van der Waals surface area (Å²) < 4.78 is 0. The van der Waals surface area contributed by atoms with E-state index in [1.807, 2.05) is 42.5 Å². The number of amides is 1. The van der Waals surface area contributed by atoms with Crippen molar-refractivity contribution in [3.05, 3.63) is 82.0 Å². The van der Waals surface area contributed by atoms with Gasteiger partial charge in [0.15, 0.2) is 0 Å². The minimum absolute atomic E-state index is 0.102. The fourth-order valence-corrected chi connectivity index (χ4v) is 3.56. The Bertz CT molecular complexity index is 825. The van der Waals surface area contributed by atoms with Crippen LogP contribution in [0.1, 0.15) is 16.7 Å². The van der Waals surface area contributed by atoms with E-state index in [1.54, 1.807) is 12.1 Å². The van der Waals surface area contributed by atoms with Crippen LogP contribution in [0.5, 0.6) is 0 Å². The summed E-state index contributed by atoms with van der Waals surface area (Å²) in [5.74, 6) is 0.389. The highest BCUT2D eigenvalue weighted by Gasteiger charge is 2.31. The average Bonchev–Trinajstić information content (AvgIpc) is 2.87. The van der Waals surface area contributed by atoms with Gasteiger partial charge in [-0.3, -0.25) is 4.79 Å². The largest absolute Gasteiger partial charge is 0.509 e.